The molecule has 2 unspecified atom stereocenters. The van der Waals surface area contributed by atoms with E-state index in [1.165, 1.54) is 16.7 Å². The molecular formula is C25H37NO. The van der Waals surface area contributed by atoms with Crippen molar-refractivity contribution in [3.8, 4) is 0 Å². The van der Waals surface area contributed by atoms with Crippen molar-refractivity contribution in [2.24, 2.45) is 11.3 Å². The summed E-state index contributed by atoms with van der Waals surface area (Å²) in [5.41, 5.74) is 4.56. The first-order chi connectivity index (χ1) is 12.6. The van der Waals surface area contributed by atoms with Crippen molar-refractivity contribution in [1.29, 1.82) is 0 Å². The zero-order valence-corrected chi connectivity index (χ0v) is 17.9. The standard InChI is InChI=1S/C25H37NO/c1-24(2,3)19-11-7-17(8-12-19)23(22-15-21(27)16-26-22)18-9-13-20(14-10-18)25(4,5)6/h7-9,11-14,18,21-23,26-27H,10,15-16H2,1-6H3/t18?,21-,22?,23+/m1/s1. The average molecular weight is 368 g/mol. The van der Waals surface area contributed by atoms with Gasteiger partial charge in [-0.3, -0.25) is 0 Å². The summed E-state index contributed by atoms with van der Waals surface area (Å²) in [5, 5.41) is 13.7. The van der Waals surface area contributed by atoms with E-state index >= 15 is 0 Å². The normalized spacial score (nSPS) is 27.5. The molecular weight excluding hydrogens is 330 g/mol. The van der Waals surface area contributed by atoms with Crippen molar-refractivity contribution in [3.05, 3.63) is 59.2 Å². The van der Waals surface area contributed by atoms with Crippen LogP contribution in [0.15, 0.2) is 48.1 Å². The Morgan fingerprint density at radius 3 is 2.11 bits per heavy atom. The van der Waals surface area contributed by atoms with Crippen LogP contribution in [0.3, 0.4) is 0 Å². The van der Waals surface area contributed by atoms with E-state index in [2.05, 4.69) is 89.4 Å². The van der Waals surface area contributed by atoms with Crippen molar-refractivity contribution in [1.82, 2.24) is 5.32 Å². The van der Waals surface area contributed by atoms with Crippen LogP contribution in [0, 0.1) is 11.3 Å². The van der Waals surface area contributed by atoms with Gasteiger partial charge in [0.1, 0.15) is 0 Å². The van der Waals surface area contributed by atoms with E-state index in [1.807, 2.05) is 0 Å². The molecule has 2 heteroatoms. The summed E-state index contributed by atoms with van der Waals surface area (Å²) in [7, 11) is 0. The van der Waals surface area contributed by atoms with Crippen molar-refractivity contribution in [3.63, 3.8) is 0 Å². The van der Waals surface area contributed by atoms with Gasteiger partial charge in [-0.1, -0.05) is 84.0 Å². The lowest BCUT2D eigenvalue weighted by atomic mass is 9.73. The molecule has 2 nitrogen and oxygen atoms in total. The van der Waals surface area contributed by atoms with Gasteiger partial charge in [0, 0.05) is 18.5 Å². The lowest BCUT2D eigenvalue weighted by Crippen LogP contribution is -2.33. The molecule has 0 aromatic heterocycles. The van der Waals surface area contributed by atoms with Gasteiger partial charge in [-0.05, 0) is 46.3 Å². The van der Waals surface area contributed by atoms with Crippen molar-refractivity contribution in [2.75, 3.05) is 6.54 Å². The molecule has 1 aromatic rings. The zero-order chi connectivity index (χ0) is 19.8. The van der Waals surface area contributed by atoms with Crippen LogP contribution in [0.1, 0.15) is 71.4 Å². The summed E-state index contributed by atoms with van der Waals surface area (Å²) in [4.78, 5) is 0. The molecule has 1 aliphatic carbocycles. The maximum Gasteiger partial charge on any atom is 0.0679 e. The quantitative estimate of drug-likeness (QED) is 0.756. The number of aliphatic hydroxyl groups excluding tert-OH is 1. The number of nitrogens with one attached hydrogen (secondary N) is 1. The first kappa shape index (κ1) is 20.4. The van der Waals surface area contributed by atoms with Crippen molar-refractivity contribution in [2.45, 2.75) is 77.9 Å². The molecule has 0 saturated carbocycles. The number of hydrogen-bond acceptors (Lipinski definition) is 2. The van der Waals surface area contributed by atoms with E-state index in [4.69, 9.17) is 0 Å². The molecule has 1 fully saturated rings. The minimum atomic E-state index is -0.223. The van der Waals surface area contributed by atoms with E-state index in [0.717, 1.165) is 12.8 Å². The smallest absolute Gasteiger partial charge is 0.0679 e. The van der Waals surface area contributed by atoms with Crippen LogP contribution in [0.25, 0.3) is 0 Å². The summed E-state index contributed by atoms with van der Waals surface area (Å²) < 4.78 is 0. The number of benzene rings is 1. The maximum absolute atomic E-state index is 10.1. The number of rotatable bonds is 3. The predicted molar refractivity (Wildman–Crippen MR) is 115 cm³/mol. The SMILES string of the molecule is CC(C)(C)C1=CCC([C@H](c2ccc(C(C)(C)C)cc2)C2C[C@@H](O)CN2)C=C1. The van der Waals surface area contributed by atoms with E-state index in [-0.39, 0.29) is 16.9 Å². The fourth-order valence-electron chi connectivity index (χ4n) is 4.46. The van der Waals surface area contributed by atoms with Gasteiger partial charge in [-0.25, -0.2) is 0 Å². The molecule has 2 aliphatic rings. The largest absolute Gasteiger partial charge is 0.392 e. The summed E-state index contributed by atoms with van der Waals surface area (Å²) in [5.74, 6) is 0.865. The van der Waals surface area contributed by atoms with Crippen molar-refractivity contribution < 1.29 is 5.11 Å². The fourth-order valence-corrected chi connectivity index (χ4v) is 4.46. The van der Waals surface area contributed by atoms with Gasteiger partial charge in [0.2, 0.25) is 0 Å². The van der Waals surface area contributed by atoms with Gasteiger partial charge in [-0.2, -0.15) is 0 Å². The molecule has 3 rings (SSSR count). The second-order valence-corrected chi connectivity index (χ2v) is 10.5. The van der Waals surface area contributed by atoms with Crippen LogP contribution in [-0.4, -0.2) is 23.8 Å². The van der Waals surface area contributed by atoms with E-state index in [1.54, 1.807) is 0 Å². The number of aliphatic hydroxyl groups is 1. The highest BCUT2D eigenvalue weighted by atomic mass is 16.3. The summed E-state index contributed by atoms with van der Waals surface area (Å²) in [6, 6.07) is 9.54. The van der Waals surface area contributed by atoms with Gasteiger partial charge >= 0.3 is 0 Å². The molecule has 2 N–H and O–H groups in total. The van der Waals surface area contributed by atoms with E-state index in [0.29, 0.717) is 24.4 Å². The third-order valence-corrected chi connectivity index (χ3v) is 6.20. The van der Waals surface area contributed by atoms with Crippen LogP contribution in [0.4, 0.5) is 0 Å². The Bertz CT molecular complexity index is 699. The monoisotopic (exact) mass is 367 g/mol. The lowest BCUT2D eigenvalue weighted by Gasteiger charge is -2.34. The Balaban J connectivity index is 1.87. The van der Waals surface area contributed by atoms with Gasteiger partial charge in [-0.15, -0.1) is 0 Å². The Kier molecular flexibility index (Phi) is 5.70. The fraction of sp³-hybridized carbons (Fsp3) is 0.600. The highest BCUT2D eigenvalue weighted by Crippen LogP contribution is 2.40. The molecule has 1 heterocycles. The topological polar surface area (TPSA) is 32.3 Å². The Morgan fingerprint density at radius 2 is 1.67 bits per heavy atom. The van der Waals surface area contributed by atoms with E-state index < -0.39 is 0 Å². The van der Waals surface area contributed by atoms with Crippen LogP contribution < -0.4 is 5.32 Å². The lowest BCUT2D eigenvalue weighted by molar-refractivity contribution is 0.190. The number of β-amino-alcohol motifs (C(OH)–C–C–N with tert-alkyl or cyclic N) is 1. The highest BCUT2D eigenvalue weighted by molar-refractivity contribution is 5.35. The second-order valence-electron chi connectivity index (χ2n) is 10.5. The minimum absolute atomic E-state index is 0.172. The first-order valence-electron chi connectivity index (χ1n) is 10.5. The summed E-state index contributed by atoms with van der Waals surface area (Å²) in [6.07, 6.45) is 8.85. The van der Waals surface area contributed by atoms with Crippen LogP contribution in [-0.2, 0) is 5.41 Å². The van der Waals surface area contributed by atoms with Gasteiger partial charge in [0.25, 0.3) is 0 Å². The average Bonchev–Trinajstić information content (AvgIpc) is 3.00. The molecule has 27 heavy (non-hydrogen) atoms. The Labute approximate surface area is 165 Å². The molecule has 1 saturated heterocycles. The van der Waals surface area contributed by atoms with Gasteiger partial charge in [0.05, 0.1) is 6.10 Å². The molecule has 4 atom stereocenters. The number of hydrogen-bond donors (Lipinski definition) is 2. The number of allylic oxidation sites excluding steroid dienone is 4. The minimum Gasteiger partial charge on any atom is -0.392 e. The van der Waals surface area contributed by atoms with Crippen molar-refractivity contribution >= 4 is 0 Å². The molecule has 0 spiro atoms. The zero-order valence-electron chi connectivity index (χ0n) is 17.9. The molecule has 0 amide bonds. The molecule has 0 radical (unpaired) electrons. The third kappa shape index (κ3) is 4.73. The van der Waals surface area contributed by atoms with Crippen LogP contribution >= 0.6 is 0 Å². The van der Waals surface area contributed by atoms with Gasteiger partial charge < -0.3 is 10.4 Å². The highest BCUT2D eigenvalue weighted by Gasteiger charge is 2.35. The van der Waals surface area contributed by atoms with Crippen LogP contribution in [0.2, 0.25) is 0 Å². The van der Waals surface area contributed by atoms with Gasteiger partial charge in [0.15, 0.2) is 0 Å². The third-order valence-electron chi connectivity index (χ3n) is 6.20. The van der Waals surface area contributed by atoms with Crippen LogP contribution in [0.5, 0.6) is 0 Å². The Hall–Kier alpha value is -1.38. The molecule has 0 bridgehead atoms. The summed E-state index contributed by atoms with van der Waals surface area (Å²) >= 11 is 0. The molecule has 148 valence electrons. The second kappa shape index (κ2) is 7.56. The summed E-state index contributed by atoms with van der Waals surface area (Å²) in [6.45, 7) is 14.3. The molecule has 1 aliphatic heterocycles. The first-order valence-corrected chi connectivity index (χ1v) is 10.5. The Morgan fingerprint density at radius 1 is 1.00 bits per heavy atom. The molecule has 1 aromatic carbocycles. The maximum atomic E-state index is 10.1. The van der Waals surface area contributed by atoms with E-state index in [9.17, 15) is 5.11 Å². The predicted octanol–water partition coefficient (Wildman–Crippen LogP) is 5.34.